The van der Waals surface area contributed by atoms with Crippen LogP contribution in [0, 0.1) is 0 Å². The fourth-order valence-electron chi connectivity index (χ4n) is 2.17. The van der Waals surface area contributed by atoms with Crippen molar-refractivity contribution in [2.24, 2.45) is 0 Å². The summed E-state index contributed by atoms with van der Waals surface area (Å²) in [6, 6.07) is 16.4. The number of hydrogen-bond acceptors (Lipinski definition) is 2. The summed E-state index contributed by atoms with van der Waals surface area (Å²) in [4.78, 5) is 0. The molecule has 3 heteroatoms. The zero-order valence-corrected chi connectivity index (χ0v) is 13.4. The van der Waals surface area contributed by atoms with Crippen LogP contribution in [0.3, 0.4) is 0 Å². The Bertz CT molecular complexity index is 571. The first kappa shape index (κ1) is 15.9. The van der Waals surface area contributed by atoms with Crippen molar-refractivity contribution in [1.82, 2.24) is 5.32 Å². The predicted molar refractivity (Wildman–Crippen MR) is 88.9 cm³/mol. The molecule has 2 aromatic rings. The summed E-state index contributed by atoms with van der Waals surface area (Å²) in [5.74, 6) is 0.932. The molecule has 1 N–H and O–H groups in total. The van der Waals surface area contributed by atoms with Gasteiger partial charge in [-0.25, -0.2) is 0 Å². The maximum atomic E-state index is 6.22. The molecule has 0 bridgehead atoms. The van der Waals surface area contributed by atoms with Crippen LogP contribution in [-0.4, -0.2) is 6.61 Å². The Kier molecular flexibility index (Phi) is 6.09. The third kappa shape index (κ3) is 4.76. The summed E-state index contributed by atoms with van der Waals surface area (Å²) in [6.07, 6.45) is 1.02. The molecule has 0 amide bonds. The van der Waals surface area contributed by atoms with E-state index in [0.29, 0.717) is 0 Å². The summed E-state index contributed by atoms with van der Waals surface area (Å²) in [7, 11) is 0. The number of benzene rings is 2. The van der Waals surface area contributed by atoms with Crippen molar-refractivity contribution in [2.45, 2.75) is 32.9 Å². The Balaban J connectivity index is 1.95. The van der Waals surface area contributed by atoms with Gasteiger partial charge in [-0.15, -0.1) is 0 Å². The van der Waals surface area contributed by atoms with Gasteiger partial charge in [0.15, 0.2) is 0 Å². The van der Waals surface area contributed by atoms with Crippen LogP contribution in [0.5, 0.6) is 5.75 Å². The molecule has 0 saturated heterocycles. The van der Waals surface area contributed by atoms with Crippen molar-refractivity contribution < 1.29 is 4.74 Å². The van der Waals surface area contributed by atoms with Crippen LogP contribution >= 0.6 is 11.6 Å². The van der Waals surface area contributed by atoms with Gasteiger partial charge in [0.25, 0.3) is 0 Å². The Hall–Kier alpha value is -1.51. The van der Waals surface area contributed by atoms with Crippen molar-refractivity contribution in [1.29, 1.82) is 0 Å². The van der Waals surface area contributed by atoms with E-state index in [1.807, 2.05) is 30.3 Å². The lowest BCUT2D eigenvalue weighted by Crippen LogP contribution is -2.18. The first-order chi connectivity index (χ1) is 10.2. The number of ether oxygens (including phenoxy) is 1. The Labute approximate surface area is 132 Å². The zero-order valence-electron chi connectivity index (χ0n) is 12.6. The molecule has 2 rings (SSSR count). The minimum Gasteiger partial charge on any atom is -0.494 e. The Morgan fingerprint density at radius 3 is 2.71 bits per heavy atom. The zero-order chi connectivity index (χ0) is 15.1. The molecule has 0 aromatic heterocycles. The Morgan fingerprint density at radius 2 is 1.95 bits per heavy atom. The van der Waals surface area contributed by atoms with Crippen molar-refractivity contribution >= 4 is 11.6 Å². The van der Waals surface area contributed by atoms with E-state index in [4.69, 9.17) is 16.3 Å². The lowest BCUT2D eigenvalue weighted by atomic mass is 10.1. The van der Waals surface area contributed by atoms with Crippen molar-refractivity contribution in [2.75, 3.05) is 6.61 Å². The molecular weight excluding hydrogens is 282 g/mol. The fourth-order valence-corrected chi connectivity index (χ4v) is 2.47. The van der Waals surface area contributed by atoms with Crippen LogP contribution in [0.1, 0.15) is 37.4 Å². The van der Waals surface area contributed by atoms with Gasteiger partial charge in [0.2, 0.25) is 0 Å². The third-order valence-corrected chi connectivity index (χ3v) is 3.70. The summed E-state index contributed by atoms with van der Waals surface area (Å²) in [5.41, 5.74) is 2.33. The minimum absolute atomic E-state index is 0.207. The average molecular weight is 304 g/mol. The molecule has 1 atom stereocenters. The van der Waals surface area contributed by atoms with Crippen LogP contribution in [0.2, 0.25) is 5.02 Å². The summed E-state index contributed by atoms with van der Waals surface area (Å²) < 4.78 is 5.66. The lowest BCUT2D eigenvalue weighted by molar-refractivity contribution is 0.317. The van der Waals surface area contributed by atoms with E-state index in [1.54, 1.807) is 0 Å². The van der Waals surface area contributed by atoms with Crippen molar-refractivity contribution in [3.05, 3.63) is 64.7 Å². The first-order valence-corrected chi connectivity index (χ1v) is 7.78. The molecule has 0 spiro atoms. The molecule has 0 heterocycles. The van der Waals surface area contributed by atoms with Crippen molar-refractivity contribution in [3.8, 4) is 5.75 Å². The molecule has 2 aromatic carbocycles. The number of rotatable bonds is 7. The highest BCUT2D eigenvalue weighted by molar-refractivity contribution is 6.31. The maximum absolute atomic E-state index is 6.22. The van der Waals surface area contributed by atoms with Gasteiger partial charge in [-0.05, 0) is 42.7 Å². The van der Waals surface area contributed by atoms with E-state index in [2.05, 4.69) is 37.4 Å². The molecule has 112 valence electrons. The van der Waals surface area contributed by atoms with Gasteiger partial charge < -0.3 is 10.1 Å². The topological polar surface area (TPSA) is 21.3 Å². The van der Waals surface area contributed by atoms with E-state index < -0.39 is 0 Å². The molecule has 0 aliphatic rings. The number of hydrogen-bond donors (Lipinski definition) is 1. The van der Waals surface area contributed by atoms with Crippen LogP contribution in [0.4, 0.5) is 0 Å². The molecule has 0 aliphatic heterocycles. The smallest absolute Gasteiger partial charge is 0.119 e. The lowest BCUT2D eigenvalue weighted by Gasteiger charge is -2.16. The molecule has 0 unspecified atom stereocenters. The molecule has 0 aliphatic carbocycles. The van der Waals surface area contributed by atoms with Gasteiger partial charge in [0.05, 0.1) is 6.61 Å². The summed E-state index contributed by atoms with van der Waals surface area (Å²) in [5, 5.41) is 4.30. The van der Waals surface area contributed by atoms with Crippen LogP contribution in [0.25, 0.3) is 0 Å². The van der Waals surface area contributed by atoms with Crippen LogP contribution < -0.4 is 10.1 Å². The van der Waals surface area contributed by atoms with Crippen LogP contribution in [-0.2, 0) is 6.54 Å². The highest BCUT2D eigenvalue weighted by Crippen LogP contribution is 2.22. The van der Waals surface area contributed by atoms with Gasteiger partial charge >= 0.3 is 0 Å². The number of nitrogens with one attached hydrogen (secondary N) is 1. The number of halogens is 1. The monoisotopic (exact) mass is 303 g/mol. The average Bonchev–Trinajstić information content (AvgIpc) is 2.51. The largest absolute Gasteiger partial charge is 0.494 e. The quantitative estimate of drug-likeness (QED) is 0.779. The van der Waals surface area contributed by atoms with E-state index in [-0.39, 0.29) is 6.04 Å². The highest BCUT2D eigenvalue weighted by Gasteiger charge is 2.08. The normalized spacial score (nSPS) is 12.1. The molecule has 0 fully saturated rings. The van der Waals surface area contributed by atoms with Gasteiger partial charge in [-0.2, -0.15) is 0 Å². The van der Waals surface area contributed by atoms with Crippen molar-refractivity contribution in [3.63, 3.8) is 0 Å². The second kappa shape index (κ2) is 8.06. The second-order valence-electron chi connectivity index (χ2n) is 5.12. The Morgan fingerprint density at radius 1 is 1.14 bits per heavy atom. The SMILES string of the molecule is CCCOc1cccc(CN[C@H](C)c2ccccc2Cl)c1. The van der Waals surface area contributed by atoms with Gasteiger partial charge in [-0.1, -0.05) is 48.9 Å². The summed E-state index contributed by atoms with van der Waals surface area (Å²) in [6.45, 7) is 5.78. The summed E-state index contributed by atoms with van der Waals surface area (Å²) >= 11 is 6.22. The first-order valence-electron chi connectivity index (χ1n) is 7.40. The van der Waals surface area contributed by atoms with Gasteiger partial charge in [-0.3, -0.25) is 0 Å². The third-order valence-electron chi connectivity index (χ3n) is 3.36. The van der Waals surface area contributed by atoms with Gasteiger partial charge in [0, 0.05) is 17.6 Å². The van der Waals surface area contributed by atoms with E-state index >= 15 is 0 Å². The molecule has 21 heavy (non-hydrogen) atoms. The van der Waals surface area contributed by atoms with Gasteiger partial charge in [0.1, 0.15) is 5.75 Å². The molecule has 2 nitrogen and oxygen atoms in total. The second-order valence-corrected chi connectivity index (χ2v) is 5.53. The standard InChI is InChI=1S/C18H22ClNO/c1-3-11-21-16-8-6-7-15(12-16)13-20-14(2)17-9-4-5-10-18(17)19/h4-10,12,14,20H,3,11,13H2,1-2H3/t14-/m1/s1. The van der Waals surface area contributed by atoms with E-state index in [0.717, 1.165) is 35.9 Å². The minimum atomic E-state index is 0.207. The molecule has 0 saturated carbocycles. The predicted octanol–water partition coefficient (Wildman–Crippen LogP) is 4.98. The maximum Gasteiger partial charge on any atom is 0.119 e. The van der Waals surface area contributed by atoms with Crippen LogP contribution in [0.15, 0.2) is 48.5 Å². The van der Waals surface area contributed by atoms with E-state index in [9.17, 15) is 0 Å². The highest BCUT2D eigenvalue weighted by atomic mass is 35.5. The van der Waals surface area contributed by atoms with E-state index in [1.165, 1.54) is 5.56 Å². The molecule has 0 radical (unpaired) electrons. The fraction of sp³-hybridized carbons (Fsp3) is 0.333. The molecular formula is C18H22ClNO.